The normalized spacial score (nSPS) is 10.2. The highest BCUT2D eigenvalue weighted by Crippen LogP contribution is 2.25. The van der Waals surface area contributed by atoms with Crippen LogP contribution in [0.25, 0.3) is 10.8 Å². The van der Waals surface area contributed by atoms with E-state index in [4.69, 9.17) is 0 Å². The topological polar surface area (TPSA) is 99.3 Å². The summed E-state index contributed by atoms with van der Waals surface area (Å²) in [5.74, 6) is -0.254. The fourth-order valence-corrected chi connectivity index (χ4v) is 2.88. The number of nitriles is 1. The van der Waals surface area contributed by atoms with Gasteiger partial charge in [0.2, 0.25) is 5.91 Å². The van der Waals surface area contributed by atoms with Crippen molar-refractivity contribution in [2.24, 2.45) is 0 Å². The molecule has 7 heteroatoms. The maximum atomic E-state index is 12.5. The van der Waals surface area contributed by atoms with Gasteiger partial charge in [0.15, 0.2) is 0 Å². The zero-order valence-electron chi connectivity index (χ0n) is 14.5. The standard InChI is InChI=1S/C20H16N4O3/c1-23(19-10-9-16(24(26)27)11-15(19)12-21)13-20(25)22-18-8-4-6-14-5-2-3-7-17(14)18/h2-11H,13H2,1H3,(H,22,25). The highest BCUT2D eigenvalue weighted by molar-refractivity contribution is 6.03. The highest BCUT2D eigenvalue weighted by atomic mass is 16.6. The van der Waals surface area contributed by atoms with Crippen molar-refractivity contribution in [1.82, 2.24) is 0 Å². The van der Waals surface area contributed by atoms with E-state index in [1.807, 2.05) is 48.5 Å². The molecule has 0 aliphatic carbocycles. The van der Waals surface area contributed by atoms with Gasteiger partial charge in [0.1, 0.15) is 6.07 Å². The fourth-order valence-electron chi connectivity index (χ4n) is 2.88. The van der Waals surface area contributed by atoms with Gasteiger partial charge in [-0.3, -0.25) is 14.9 Å². The van der Waals surface area contributed by atoms with Crippen molar-refractivity contribution in [3.63, 3.8) is 0 Å². The lowest BCUT2D eigenvalue weighted by molar-refractivity contribution is -0.384. The number of nitro benzene ring substituents is 1. The number of nitro groups is 1. The van der Waals surface area contributed by atoms with Crippen molar-refractivity contribution in [3.8, 4) is 6.07 Å². The van der Waals surface area contributed by atoms with Gasteiger partial charge in [-0.2, -0.15) is 5.26 Å². The number of likely N-dealkylation sites (N-methyl/N-ethyl adjacent to an activating group) is 1. The van der Waals surface area contributed by atoms with E-state index in [0.717, 1.165) is 10.8 Å². The van der Waals surface area contributed by atoms with Crippen LogP contribution < -0.4 is 10.2 Å². The monoisotopic (exact) mass is 360 g/mol. The van der Waals surface area contributed by atoms with Crippen LogP contribution in [-0.2, 0) is 4.79 Å². The second-order valence-corrected chi connectivity index (χ2v) is 6.00. The number of carbonyl (C=O) groups excluding carboxylic acids is 1. The smallest absolute Gasteiger partial charge is 0.270 e. The van der Waals surface area contributed by atoms with Crippen LogP contribution in [0, 0.1) is 21.4 Å². The van der Waals surface area contributed by atoms with Crippen molar-refractivity contribution >= 4 is 33.7 Å². The van der Waals surface area contributed by atoms with Gasteiger partial charge in [0, 0.05) is 30.3 Å². The van der Waals surface area contributed by atoms with Gasteiger partial charge in [-0.1, -0.05) is 36.4 Å². The Hall–Kier alpha value is -3.92. The van der Waals surface area contributed by atoms with Crippen LogP contribution in [0.4, 0.5) is 17.1 Å². The molecule has 0 saturated carbocycles. The number of fused-ring (bicyclic) bond motifs is 1. The molecule has 3 rings (SSSR count). The Bertz CT molecular complexity index is 1070. The Morgan fingerprint density at radius 1 is 1.19 bits per heavy atom. The van der Waals surface area contributed by atoms with Crippen LogP contribution in [0.5, 0.6) is 0 Å². The minimum atomic E-state index is -0.558. The Kier molecular flexibility index (Phi) is 4.99. The van der Waals surface area contributed by atoms with Crippen LogP contribution in [0.1, 0.15) is 5.56 Å². The zero-order chi connectivity index (χ0) is 19.4. The summed E-state index contributed by atoms with van der Waals surface area (Å²) in [6.45, 7) is -0.00425. The molecule has 0 unspecified atom stereocenters. The molecule has 1 amide bonds. The fraction of sp³-hybridized carbons (Fsp3) is 0.100. The van der Waals surface area contributed by atoms with Gasteiger partial charge >= 0.3 is 0 Å². The maximum absolute atomic E-state index is 12.5. The Labute approximate surface area is 155 Å². The Morgan fingerprint density at radius 2 is 1.93 bits per heavy atom. The molecule has 27 heavy (non-hydrogen) atoms. The summed E-state index contributed by atoms with van der Waals surface area (Å²) < 4.78 is 0. The van der Waals surface area contributed by atoms with Crippen LogP contribution >= 0.6 is 0 Å². The number of hydrogen-bond acceptors (Lipinski definition) is 5. The minimum absolute atomic E-state index is 0.00425. The largest absolute Gasteiger partial charge is 0.364 e. The molecule has 7 nitrogen and oxygen atoms in total. The molecule has 0 bridgehead atoms. The summed E-state index contributed by atoms with van der Waals surface area (Å²) >= 11 is 0. The van der Waals surface area contributed by atoms with Crippen molar-refractivity contribution in [2.75, 3.05) is 23.8 Å². The average Bonchev–Trinajstić information content (AvgIpc) is 2.67. The lowest BCUT2D eigenvalue weighted by atomic mass is 10.1. The van der Waals surface area contributed by atoms with E-state index in [2.05, 4.69) is 5.32 Å². The summed E-state index contributed by atoms with van der Waals surface area (Å²) in [4.78, 5) is 24.4. The molecule has 1 N–H and O–H groups in total. The van der Waals surface area contributed by atoms with Crippen molar-refractivity contribution < 1.29 is 9.72 Å². The third-order valence-electron chi connectivity index (χ3n) is 4.17. The number of nitrogens with zero attached hydrogens (tertiary/aromatic N) is 3. The summed E-state index contributed by atoms with van der Waals surface area (Å²) in [6, 6.07) is 19.3. The predicted molar refractivity (Wildman–Crippen MR) is 104 cm³/mol. The van der Waals surface area contributed by atoms with E-state index < -0.39 is 4.92 Å². The van der Waals surface area contributed by atoms with Crippen molar-refractivity contribution in [1.29, 1.82) is 5.26 Å². The van der Waals surface area contributed by atoms with Crippen molar-refractivity contribution in [2.45, 2.75) is 0 Å². The molecular formula is C20H16N4O3. The zero-order valence-corrected chi connectivity index (χ0v) is 14.5. The SMILES string of the molecule is CN(CC(=O)Nc1cccc2ccccc12)c1ccc([N+](=O)[O-])cc1C#N. The van der Waals surface area contributed by atoms with E-state index in [1.54, 1.807) is 11.9 Å². The molecule has 3 aromatic carbocycles. The molecule has 0 fully saturated rings. The number of benzene rings is 3. The molecule has 0 atom stereocenters. The first-order chi connectivity index (χ1) is 13.0. The molecule has 0 aromatic heterocycles. The maximum Gasteiger partial charge on any atom is 0.270 e. The highest BCUT2D eigenvalue weighted by Gasteiger charge is 2.16. The summed E-state index contributed by atoms with van der Waals surface area (Å²) in [6.07, 6.45) is 0. The molecule has 3 aromatic rings. The van der Waals surface area contributed by atoms with Crippen LogP contribution in [0.2, 0.25) is 0 Å². The number of nitrogens with one attached hydrogen (secondary N) is 1. The second kappa shape index (κ2) is 7.54. The molecule has 0 spiro atoms. The molecule has 0 saturated heterocycles. The van der Waals surface area contributed by atoms with E-state index in [1.165, 1.54) is 18.2 Å². The van der Waals surface area contributed by atoms with E-state index in [9.17, 15) is 20.2 Å². The Balaban J connectivity index is 1.78. The first-order valence-corrected chi connectivity index (χ1v) is 8.17. The van der Waals surface area contributed by atoms with Crippen LogP contribution in [0.15, 0.2) is 60.7 Å². The number of anilines is 2. The predicted octanol–water partition coefficient (Wildman–Crippen LogP) is 3.69. The third-order valence-corrected chi connectivity index (χ3v) is 4.17. The number of non-ortho nitro benzene ring substituents is 1. The van der Waals surface area contributed by atoms with Gasteiger partial charge in [-0.25, -0.2) is 0 Å². The van der Waals surface area contributed by atoms with E-state index in [-0.39, 0.29) is 23.7 Å². The van der Waals surface area contributed by atoms with Crippen LogP contribution in [0.3, 0.4) is 0 Å². The first-order valence-electron chi connectivity index (χ1n) is 8.17. The quantitative estimate of drug-likeness (QED) is 0.552. The van der Waals surface area contributed by atoms with E-state index in [0.29, 0.717) is 11.4 Å². The lowest BCUT2D eigenvalue weighted by Crippen LogP contribution is -2.30. The molecule has 0 aliphatic heterocycles. The number of hydrogen-bond donors (Lipinski definition) is 1. The first kappa shape index (κ1) is 17.9. The number of rotatable bonds is 5. The minimum Gasteiger partial charge on any atom is -0.364 e. The molecule has 0 radical (unpaired) electrons. The van der Waals surface area contributed by atoms with E-state index >= 15 is 0 Å². The molecule has 0 aliphatic rings. The Morgan fingerprint density at radius 3 is 2.67 bits per heavy atom. The van der Waals surface area contributed by atoms with Crippen molar-refractivity contribution in [3.05, 3.63) is 76.3 Å². The van der Waals surface area contributed by atoms with Gasteiger partial charge in [-0.15, -0.1) is 0 Å². The average molecular weight is 360 g/mol. The van der Waals surface area contributed by atoms with Crippen LogP contribution in [-0.4, -0.2) is 24.4 Å². The molecule has 0 heterocycles. The molecule has 134 valence electrons. The summed E-state index contributed by atoms with van der Waals surface area (Å²) in [5, 5.41) is 25.0. The van der Waals surface area contributed by atoms with Gasteiger partial charge < -0.3 is 10.2 Å². The summed E-state index contributed by atoms with van der Waals surface area (Å²) in [5.41, 5.74) is 1.14. The second-order valence-electron chi connectivity index (χ2n) is 6.00. The van der Waals surface area contributed by atoms with Gasteiger partial charge in [-0.05, 0) is 17.5 Å². The summed E-state index contributed by atoms with van der Waals surface area (Å²) in [7, 11) is 1.66. The number of carbonyl (C=O) groups is 1. The number of amides is 1. The van der Waals surface area contributed by atoms with Gasteiger partial charge in [0.05, 0.1) is 22.7 Å². The third kappa shape index (κ3) is 3.85. The van der Waals surface area contributed by atoms with Gasteiger partial charge in [0.25, 0.3) is 5.69 Å². The molecular weight excluding hydrogens is 344 g/mol. The lowest BCUT2D eigenvalue weighted by Gasteiger charge is -2.20.